The zero-order valence-corrected chi connectivity index (χ0v) is 20.1. The van der Waals surface area contributed by atoms with Crippen LogP contribution < -0.4 is 10.2 Å². The van der Waals surface area contributed by atoms with Crippen LogP contribution >= 0.6 is 34.4 Å². The van der Waals surface area contributed by atoms with Gasteiger partial charge in [-0.15, -0.1) is 21.5 Å². The largest absolute Gasteiger partial charge is 0.330 e. The number of anilines is 4. The Kier molecular flexibility index (Phi) is 6.83. The molecule has 0 aliphatic carbocycles. The van der Waals surface area contributed by atoms with Gasteiger partial charge in [-0.2, -0.15) is 0 Å². The van der Waals surface area contributed by atoms with Crippen molar-refractivity contribution < 1.29 is 9.18 Å². The average Bonchev–Trinajstić information content (AvgIpc) is 3.40. The van der Waals surface area contributed by atoms with Crippen molar-refractivity contribution in [1.82, 2.24) is 15.2 Å². The van der Waals surface area contributed by atoms with Crippen LogP contribution in [0, 0.1) is 19.7 Å². The summed E-state index contributed by atoms with van der Waals surface area (Å²) in [6.07, 6.45) is 0. The predicted octanol–water partition coefficient (Wildman–Crippen LogP) is 6.47. The molecule has 0 unspecified atom stereocenters. The highest BCUT2D eigenvalue weighted by atomic mass is 32.2. The molecule has 0 saturated carbocycles. The number of thiazole rings is 1. The summed E-state index contributed by atoms with van der Waals surface area (Å²) in [6.45, 7) is 5.62. The Morgan fingerprint density at radius 1 is 1.12 bits per heavy atom. The molecule has 0 saturated heterocycles. The van der Waals surface area contributed by atoms with E-state index < -0.39 is 0 Å². The van der Waals surface area contributed by atoms with Gasteiger partial charge in [0.1, 0.15) is 5.82 Å². The van der Waals surface area contributed by atoms with Gasteiger partial charge in [-0.25, -0.2) is 9.37 Å². The molecular formula is C22H20FN5OS3. The lowest BCUT2D eigenvalue weighted by molar-refractivity contribution is -0.115. The molecule has 0 fully saturated rings. The van der Waals surface area contributed by atoms with Gasteiger partial charge in [0, 0.05) is 23.7 Å². The first-order valence-electron chi connectivity index (χ1n) is 9.70. The number of aryl methyl sites for hydroxylation is 2. The van der Waals surface area contributed by atoms with Crippen LogP contribution in [0.4, 0.5) is 26.0 Å². The molecule has 0 atom stereocenters. The monoisotopic (exact) mass is 485 g/mol. The number of hydrogen-bond acceptors (Lipinski definition) is 8. The number of rotatable bonds is 7. The highest BCUT2D eigenvalue weighted by molar-refractivity contribution is 8.00. The number of aromatic nitrogens is 3. The van der Waals surface area contributed by atoms with E-state index in [1.807, 2.05) is 37.4 Å². The molecule has 0 bridgehead atoms. The molecule has 164 valence electrons. The van der Waals surface area contributed by atoms with Crippen molar-refractivity contribution in [1.29, 1.82) is 0 Å². The quantitative estimate of drug-likeness (QED) is 0.303. The molecule has 32 heavy (non-hydrogen) atoms. The molecule has 2 aromatic heterocycles. The van der Waals surface area contributed by atoms with Crippen LogP contribution in [0.5, 0.6) is 0 Å². The van der Waals surface area contributed by atoms with Gasteiger partial charge in [0.05, 0.1) is 11.4 Å². The Morgan fingerprint density at radius 2 is 1.91 bits per heavy atom. The normalized spacial score (nSPS) is 10.9. The maximum atomic E-state index is 13.0. The zero-order chi connectivity index (χ0) is 22.7. The first-order chi connectivity index (χ1) is 15.4. The van der Waals surface area contributed by atoms with Crippen molar-refractivity contribution in [3.8, 4) is 0 Å². The maximum Gasteiger partial charge on any atom is 0.230 e. The number of carbonyl (C=O) groups excluding carboxylic acids is 1. The fourth-order valence-electron chi connectivity index (χ4n) is 2.87. The molecule has 10 heteroatoms. The molecule has 0 aliphatic rings. The molecule has 0 radical (unpaired) electrons. The Hall–Kier alpha value is -2.82. The van der Waals surface area contributed by atoms with Gasteiger partial charge in [0.25, 0.3) is 0 Å². The van der Waals surface area contributed by atoms with E-state index in [2.05, 4.69) is 20.5 Å². The smallest absolute Gasteiger partial charge is 0.230 e. The topological polar surface area (TPSA) is 71.0 Å². The Bertz CT molecular complexity index is 1240. The van der Waals surface area contributed by atoms with E-state index in [4.69, 9.17) is 0 Å². The second kappa shape index (κ2) is 9.76. The van der Waals surface area contributed by atoms with Crippen molar-refractivity contribution in [2.75, 3.05) is 10.2 Å². The molecule has 2 aromatic carbocycles. The molecule has 0 spiro atoms. The van der Waals surface area contributed by atoms with Crippen LogP contribution in [0.25, 0.3) is 0 Å². The maximum absolute atomic E-state index is 13.0. The Balaban J connectivity index is 1.41. The molecule has 4 rings (SSSR count). The molecule has 6 nitrogen and oxygen atoms in total. The van der Waals surface area contributed by atoms with Crippen LogP contribution in [0.1, 0.15) is 23.7 Å². The summed E-state index contributed by atoms with van der Waals surface area (Å²) in [5, 5.41) is 14.7. The second-order valence-electron chi connectivity index (χ2n) is 7.04. The Labute approximate surface area is 197 Å². The molecule has 0 aliphatic heterocycles. The minimum absolute atomic E-state index is 0.0811. The zero-order valence-electron chi connectivity index (χ0n) is 17.6. The van der Waals surface area contributed by atoms with Gasteiger partial charge in [-0.05, 0) is 61.4 Å². The summed E-state index contributed by atoms with van der Waals surface area (Å²) in [7, 11) is 0. The van der Waals surface area contributed by atoms with Gasteiger partial charge in [-0.3, -0.25) is 9.69 Å². The number of thioether (sulfide) groups is 1. The van der Waals surface area contributed by atoms with Gasteiger partial charge in [-0.1, -0.05) is 29.2 Å². The van der Waals surface area contributed by atoms with Gasteiger partial charge in [0.2, 0.25) is 11.0 Å². The predicted molar refractivity (Wildman–Crippen MR) is 130 cm³/mol. The van der Waals surface area contributed by atoms with Crippen molar-refractivity contribution >= 4 is 62.0 Å². The number of amides is 1. The summed E-state index contributed by atoms with van der Waals surface area (Å²) in [5.74, 6) is 0.246. The SMILES string of the molecule is CC(=O)N(c1ccc(C)c(C)c1)c1nc(CSc2nnc(Nc3ccc(F)cc3)s2)cs1. The first-order valence-corrected chi connectivity index (χ1v) is 12.4. The fraction of sp³-hybridized carbons (Fsp3) is 0.182. The van der Waals surface area contributed by atoms with Gasteiger partial charge < -0.3 is 5.32 Å². The third kappa shape index (κ3) is 5.32. The molecular weight excluding hydrogens is 465 g/mol. The highest BCUT2D eigenvalue weighted by Crippen LogP contribution is 2.33. The third-order valence-corrected chi connectivity index (χ3v) is 7.52. The van der Waals surface area contributed by atoms with Crippen LogP contribution in [0.2, 0.25) is 0 Å². The molecule has 1 N–H and O–H groups in total. The highest BCUT2D eigenvalue weighted by Gasteiger charge is 2.19. The summed E-state index contributed by atoms with van der Waals surface area (Å²) in [6, 6.07) is 12.0. The molecule has 4 aromatic rings. The van der Waals surface area contributed by atoms with E-state index in [9.17, 15) is 9.18 Å². The number of carbonyl (C=O) groups is 1. The van der Waals surface area contributed by atoms with Gasteiger partial charge in [0.15, 0.2) is 9.47 Å². The van der Waals surface area contributed by atoms with Crippen molar-refractivity contribution in [2.24, 2.45) is 0 Å². The lowest BCUT2D eigenvalue weighted by Gasteiger charge is -2.19. The van der Waals surface area contributed by atoms with Crippen molar-refractivity contribution in [2.45, 2.75) is 30.9 Å². The number of benzene rings is 2. The minimum atomic E-state index is -0.285. The number of nitrogens with one attached hydrogen (secondary N) is 1. The van der Waals surface area contributed by atoms with E-state index in [0.717, 1.165) is 27.0 Å². The van der Waals surface area contributed by atoms with E-state index in [-0.39, 0.29) is 11.7 Å². The van der Waals surface area contributed by atoms with Crippen LogP contribution in [-0.2, 0) is 10.5 Å². The van der Waals surface area contributed by atoms with E-state index >= 15 is 0 Å². The van der Waals surface area contributed by atoms with Crippen molar-refractivity contribution in [3.05, 3.63) is 70.5 Å². The van der Waals surface area contributed by atoms with Crippen LogP contribution in [0.3, 0.4) is 0 Å². The number of halogens is 1. The Morgan fingerprint density at radius 3 is 2.62 bits per heavy atom. The molecule has 2 heterocycles. The average molecular weight is 486 g/mol. The van der Waals surface area contributed by atoms with E-state index in [1.54, 1.807) is 24.0 Å². The lowest BCUT2D eigenvalue weighted by Crippen LogP contribution is -2.22. The number of nitrogens with zero attached hydrogens (tertiary/aromatic N) is 4. The van der Waals surface area contributed by atoms with E-state index in [0.29, 0.717) is 16.0 Å². The van der Waals surface area contributed by atoms with Crippen molar-refractivity contribution in [3.63, 3.8) is 0 Å². The van der Waals surface area contributed by atoms with E-state index in [1.165, 1.54) is 52.1 Å². The summed E-state index contributed by atoms with van der Waals surface area (Å²) in [4.78, 5) is 18.7. The second-order valence-corrected chi connectivity index (χ2v) is 10.1. The van der Waals surface area contributed by atoms with Gasteiger partial charge >= 0.3 is 0 Å². The lowest BCUT2D eigenvalue weighted by atomic mass is 10.1. The summed E-state index contributed by atoms with van der Waals surface area (Å²) in [5.41, 5.74) is 4.74. The third-order valence-electron chi connectivity index (χ3n) is 4.64. The minimum Gasteiger partial charge on any atom is -0.330 e. The summed E-state index contributed by atoms with van der Waals surface area (Å²) >= 11 is 4.38. The van der Waals surface area contributed by atoms with Crippen LogP contribution in [0.15, 0.2) is 52.2 Å². The molecule has 1 amide bonds. The summed E-state index contributed by atoms with van der Waals surface area (Å²) < 4.78 is 13.8. The standard InChI is InChI=1S/C22H20FN5OS3/c1-13-4-9-19(10-14(13)2)28(15(3)29)21-25-18(11-30-21)12-31-22-27-26-20(32-22)24-17-7-5-16(23)6-8-17/h4-11H,12H2,1-3H3,(H,24,26). The van der Waals surface area contributed by atoms with Crippen LogP contribution in [-0.4, -0.2) is 21.1 Å². The first kappa shape index (κ1) is 22.4. The fourth-order valence-corrected chi connectivity index (χ4v) is 5.52. The number of hydrogen-bond donors (Lipinski definition) is 1.